The number of benzene rings is 1. The van der Waals surface area contributed by atoms with Gasteiger partial charge in [-0.3, -0.25) is 9.97 Å². The predicted octanol–water partition coefficient (Wildman–Crippen LogP) is 5.10. The molecule has 5 nitrogen and oxygen atoms in total. The van der Waals surface area contributed by atoms with Crippen molar-refractivity contribution in [2.45, 2.75) is 12.1 Å². The van der Waals surface area contributed by atoms with Gasteiger partial charge in [0.2, 0.25) is 0 Å². The summed E-state index contributed by atoms with van der Waals surface area (Å²) in [5, 5.41) is 4.82. The number of nitrogens with one attached hydrogen (secondary N) is 1. The number of aromatic nitrogens is 3. The molecular weight excluding hydrogens is 414 g/mol. The van der Waals surface area contributed by atoms with Gasteiger partial charge in [0.05, 0.1) is 23.6 Å². The molecule has 1 aliphatic rings. The molecule has 0 aliphatic carbocycles. The quantitative estimate of drug-likeness (QED) is 0.455. The smallest absolute Gasteiger partial charge is 0.174 e. The van der Waals surface area contributed by atoms with Gasteiger partial charge in [0.1, 0.15) is 6.04 Å². The summed E-state index contributed by atoms with van der Waals surface area (Å²) in [6, 6.07) is 21.6. The van der Waals surface area contributed by atoms with Crippen molar-refractivity contribution in [3.63, 3.8) is 0 Å². The van der Waals surface area contributed by atoms with Crippen LogP contribution in [-0.4, -0.2) is 19.6 Å². The molecule has 0 saturated carbocycles. The Balaban J connectivity index is 1.67. The maximum Gasteiger partial charge on any atom is 0.174 e. The van der Waals surface area contributed by atoms with E-state index in [1.807, 2.05) is 79.3 Å². The molecule has 148 valence electrons. The second kappa shape index (κ2) is 7.89. The van der Waals surface area contributed by atoms with E-state index in [2.05, 4.69) is 30.8 Å². The summed E-state index contributed by atoms with van der Waals surface area (Å²) in [5.41, 5.74) is 3.98. The molecule has 0 unspecified atom stereocenters. The van der Waals surface area contributed by atoms with E-state index in [9.17, 15) is 0 Å². The molecule has 5 rings (SSSR count). The first kappa shape index (κ1) is 18.8. The lowest BCUT2D eigenvalue weighted by Gasteiger charge is -2.29. The van der Waals surface area contributed by atoms with E-state index in [1.165, 1.54) is 0 Å². The van der Waals surface area contributed by atoms with E-state index in [0.29, 0.717) is 10.1 Å². The minimum absolute atomic E-state index is 0.108. The van der Waals surface area contributed by atoms with Crippen LogP contribution >= 0.6 is 23.8 Å². The van der Waals surface area contributed by atoms with Crippen molar-refractivity contribution in [3.05, 3.63) is 108 Å². The van der Waals surface area contributed by atoms with E-state index in [-0.39, 0.29) is 12.1 Å². The number of hydrogen-bond acceptors (Lipinski definition) is 3. The molecule has 0 amide bonds. The summed E-state index contributed by atoms with van der Waals surface area (Å²) < 4.78 is 2.14. The molecule has 0 spiro atoms. The number of rotatable bonds is 4. The highest BCUT2D eigenvalue weighted by Crippen LogP contribution is 2.42. The second-order valence-electron chi connectivity index (χ2n) is 6.99. The van der Waals surface area contributed by atoms with Gasteiger partial charge in [-0.15, -0.1) is 0 Å². The van der Waals surface area contributed by atoms with Gasteiger partial charge in [0, 0.05) is 35.0 Å². The van der Waals surface area contributed by atoms with E-state index in [1.54, 1.807) is 6.20 Å². The lowest BCUT2D eigenvalue weighted by molar-refractivity contribution is 0.549. The summed E-state index contributed by atoms with van der Waals surface area (Å²) >= 11 is 11.9. The summed E-state index contributed by atoms with van der Waals surface area (Å²) in [4.78, 5) is 11.0. The first-order chi connectivity index (χ1) is 14.7. The first-order valence-corrected chi connectivity index (χ1v) is 10.3. The van der Waals surface area contributed by atoms with Crippen molar-refractivity contribution in [1.82, 2.24) is 19.9 Å². The van der Waals surface area contributed by atoms with Crippen LogP contribution in [0.3, 0.4) is 0 Å². The Hall–Kier alpha value is -3.22. The molecule has 1 aromatic carbocycles. The van der Waals surface area contributed by atoms with E-state index < -0.39 is 0 Å². The third kappa shape index (κ3) is 3.34. The zero-order valence-electron chi connectivity index (χ0n) is 15.9. The van der Waals surface area contributed by atoms with E-state index >= 15 is 0 Å². The fraction of sp³-hybridized carbons (Fsp3) is 0.0870. The number of thiocarbonyl (C=S) groups is 1. The number of halogens is 1. The van der Waals surface area contributed by atoms with Crippen LogP contribution in [0.25, 0.3) is 5.69 Å². The average molecular weight is 432 g/mol. The monoisotopic (exact) mass is 431 g/mol. The highest BCUT2D eigenvalue weighted by molar-refractivity contribution is 7.80. The standard InChI is InChI=1S/C23H18ClN5S/c24-16-8-10-17(11-9-16)29-22(21(27-23(29)30)19-6-1-2-13-26-19)20-7-4-14-28(20)18-5-3-12-25-15-18/h1-15,21-22H,(H,27,30)/t21-,22-/m1/s1. The van der Waals surface area contributed by atoms with Gasteiger partial charge in [-0.1, -0.05) is 17.7 Å². The van der Waals surface area contributed by atoms with Gasteiger partial charge in [-0.05, 0) is 72.9 Å². The summed E-state index contributed by atoms with van der Waals surface area (Å²) in [7, 11) is 0. The molecule has 3 aromatic heterocycles. The topological polar surface area (TPSA) is 46.0 Å². The lowest BCUT2D eigenvalue weighted by Crippen LogP contribution is -2.30. The number of anilines is 1. The largest absolute Gasteiger partial charge is 0.351 e. The van der Waals surface area contributed by atoms with Crippen molar-refractivity contribution < 1.29 is 0 Å². The van der Waals surface area contributed by atoms with Crippen LogP contribution in [0.2, 0.25) is 5.02 Å². The van der Waals surface area contributed by atoms with Crippen LogP contribution in [0.1, 0.15) is 23.5 Å². The maximum absolute atomic E-state index is 6.13. The SMILES string of the molecule is S=C1N[C@H](c2ccccn2)[C@@H](c2cccn2-c2cccnc2)N1c1ccc(Cl)cc1. The Kier molecular flexibility index (Phi) is 4.94. The molecular formula is C23H18ClN5S. The minimum atomic E-state index is -0.111. The fourth-order valence-electron chi connectivity index (χ4n) is 3.90. The molecule has 0 bridgehead atoms. The first-order valence-electron chi connectivity index (χ1n) is 9.56. The summed E-state index contributed by atoms with van der Waals surface area (Å²) in [5.74, 6) is 0. The third-order valence-corrected chi connectivity index (χ3v) is 5.78. The van der Waals surface area contributed by atoms with Crippen molar-refractivity contribution in [3.8, 4) is 5.69 Å². The van der Waals surface area contributed by atoms with E-state index in [4.69, 9.17) is 23.8 Å². The van der Waals surface area contributed by atoms with Crippen molar-refractivity contribution in [2.75, 3.05) is 4.90 Å². The fourth-order valence-corrected chi connectivity index (χ4v) is 4.37. The lowest BCUT2D eigenvalue weighted by atomic mass is 10.0. The van der Waals surface area contributed by atoms with E-state index in [0.717, 1.165) is 22.8 Å². The van der Waals surface area contributed by atoms with Crippen LogP contribution < -0.4 is 10.2 Å². The predicted molar refractivity (Wildman–Crippen MR) is 123 cm³/mol. The molecule has 0 radical (unpaired) electrons. The Morgan fingerprint density at radius 3 is 2.50 bits per heavy atom. The van der Waals surface area contributed by atoms with Gasteiger partial charge < -0.3 is 14.8 Å². The Labute approximate surface area is 185 Å². The molecule has 1 aliphatic heterocycles. The van der Waals surface area contributed by atoms with Crippen LogP contribution in [-0.2, 0) is 0 Å². The molecule has 4 heterocycles. The highest BCUT2D eigenvalue weighted by atomic mass is 35.5. The van der Waals surface area contributed by atoms with Crippen LogP contribution in [0.5, 0.6) is 0 Å². The van der Waals surface area contributed by atoms with Gasteiger partial charge >= 0.3 is 0 Å². The van der Waals surface area contributed by atoms with Crippen LogP contribution in [0.15, 0.2) is 91.5 Å². The van der Waals surface area contributed by atoms with Gasteiger partial charge in [-0.25, -0.2) is 0 Å². The minimum Gasteiger partial charge on any atom is -0.351 e. The van der Waals surface area contributed by atoms with Crippen molar-refractivity contribution in [2.24, 2.45) is 0 Å². The molecule has 1 N–H and O–H groups in total. The Morgan fingerprint density at radius 1 is 0.900 bits per heavy atom. The number of hydrogen-bond donors (Lipinski definition) is 1. The van der Waals surface area contributed by atoms with Gasteiger partial charge in [0.25, 0.3) is 0 Å². The zero-order valence-corrected chi connectivity index (χ0v) is 17.5. The Bertz CT molecular complexity index is 1160. The van der Waals surface area contributed by atoms with Crippen LogP contribution in [0.4, 0.5) is 5.69 Å². The number of nitrogens with zero attached hydrogens (tertiary/aromatic N) is 4. The zero-order chi connectivity index (χ0) is 20.5. The van der Waals surface area contributed by atoms with Crippen molar-refractivity contribution >= 4 is 34.6 Å². The highest BCUT2D eigenvalue weighted by Gasteiger charge is 2.42. The number of pyridine rings is 2. The molecule has 1 saturated heterocycles. The molecule has 2 atom stereocenters. The van der Waals surface area contributed by atoms with Gasteiger partial charge in [-0.2, -0.15) is 0 Å². The normalized spacial score (nSPS) is 18.4. The molecule has 1 fully saturated rings. The maximum atomic E-state index is 6.13. The van der Waals surface area contributed by atoms with Crippen LogP contribution in [0, 0.1) is 0 Å². The summed E-state index contributed by atoms with van der Waals surface area (Å²) in [6.45, 7) is 0. The second-order valence-corrected chi connectivity index (χ2v) is 7.81. The van der Waals surface area contributed by atoms with Gasteiger partial charge in [0.15, 0.2) is 5.11 Å². The Morgan fingerprint density at radius 2 is 1.77 bits per heavy atom. The summed E-state index contributed by atoms with van der Waals surface area (Å²) in [6.07, 6.45) is 7.48. The molecule has 4 aromatic rings. The molecule has 7 heteroatoms. The average Bonchev–Trinajstić information content (AvgIpc) is 3.40. The molecule has 30 heavy (non-hydrogen) atoms. The third-order valence-electron chi connectivity index (χ3n) is 5.21. The van der Waals surface area contributed by atoms with Crippen molar-refractivity contribution in [1.29, 1.82) is 0 Å².